The van der Waals surface area contributed by atoms with Crippen molar-refractivity contribution in [3.05, 3.63) is 60.7 Å². The molecule has 0 spiro atoms. The fourth-order valence-corrected chi connectivity index (χ4v) is 1.11. The summed E-state index contributed by atoms with van der Waals surface area (Å²) in [6, 6.07) is 19.5. The van der Waals surface area contributed by atoms with E-state index in [2.05, 4.69) is 0 Å². The molecule has 96 valence electrons. The molecule has 0 aromatic heterocycles. The molecule has 2 aromatic rings. The maximum atomic E-state index is 8.88. The Kier molecular flexibility index (Phi) is 5.55. The zero-order valence-corrected chi connectivity index (χ0v) is 10.3. The lowest BCUT2D eigenvalue weighted by Gasteiger charge is -2.03. The van der Waals surface area contributed by atoms with E-state index < -0.39 is 7.82 Å². The van der Waals surface area contributed by atoms with E-state index in [1.54, 1.807) is 0 Å². The minimum Gasteiger partial charge on any atom is -0.457 e. The Labute approximate surface area is 105 Å². The predicted molar refractivity (Wildman–Crippen MR) is 67.2 cm³/mol. The van der Waals surface area contributed by atoms with Crippen LogP contribution in [0.15, 0.2) is 60.7 Å². The van der Waals surface area contributed by atoms with E-state index in [0.717, 1.165) is 11.5 Å². The van der Waals surface area contributed by atoms with Crippen molar-refractivity contribution in [1.82, 2.24) is 0 Å². The smallest absolute Gasteiger partial charge is 0.457 e. The number of benzene rings is 2. The third-order valence-electron chi connectivity index (χ3n) is 1.72. The summed E-state index contributed by atoms with van der Waals surface area (Å²) in [5.74, 6) is 1.74. The van der Waals surface area contributed by atoms with Gasteiger partial charge in [0.1, 0.15) is 11.5 Å². The largest absolute Gasteiger partial charge is 0.466 e. The summed E-state index contributed by atoms with van der Waals surface area (Å²) < 4.78 is 14.5. The SMILES string of the molecule is O=P(O)(O)O.c1ccc(Oc2ccccc2)cc1. The third-order valence-corrected chi connectivity index (χ3v) is 1.72. The number of rotatable bonds is 2. The van der Waals surface area contributed by atoms with E-state index in [9.17, 15) is 0 Å². The van der Waals surface area contributed by atoms with Crippen molar-refractivity contribution in [3.63, 3.8) is 0 Å². The van der Waals surface area contributed by atoms with E-state index in [1.807, 2.05) is 60.7 Å². The van der Waals surface area contributed by atoms with E-state index in [-0.39, 0.29) is 0 Å². The lowest BCUT2D eigenvalue weighted by Crippen LogP contribution is -1.81. The molecule has 0 aliphatic carbocycles. The molecule has 3 N–H and O–H groups in total. The molecule has 5 nitrogen and oxygen atoms in total. The summed E-state index contributed by atoms with van der Waals surface area (Å²) in [5, 5.41) is 0. The van der Waals surface area contributed by atoms with Gasteiger partial charge in [-0.3, -0.25) is 0 Å². The average molecular weight is 268 g/mol. The minimum absolute atomic E-state index is 0.869. The molecule has 0 amide bonds. The number of hydrogen-bond acceptors (Lipinski definition) is 2. The topological polar surface area (TPSA) is 87.0 Å². The highest BCUT2D eigenvalue weighted by Gasteiger charge is 2.00. The van der Waals surface area contributed by atoms with Crippen molar-refractivity contribution < 1.29 is 24.0 Å². The zero-order chi connectivity index (χ0) is 13.4. The van der Waals surface area contributed by atoms with Crippen molar-refractivity contribution in [2.75, 3.05) is 0 Å². The first kappa shape index (κ1) is 14.4. The molecule has 0 heterocycles. The standard InChI is InChI=1S/C12H10O.H3O4P/c1-3-7-11(8-4-1)13-12-9-5-2-6-10-12;1-5(2,3)4/h1-10H;(H3,1,2,3,4). The molecule has 0 saturated carbocycles. The molecule has 2 rings (SSSR count). The molecule has 0 atom stereocenters. The van der Waals surface area contributed by atoms with Crippen LogP contribution in [0.25, 0.3) is 0 Å². The predicted octanol–water partition coefficient (Wildman–Crippen LogP) is 2.55. The van der Waals surface area contributed by atoms with E-state index in [0.29, 0.717) is 0 Å². The highest BCUT2D eigenvalue weighted by molar-refractivity contribution is 7.45. The van der Waals surface area contributed by atoms with Crippen molar-refractivity contribution in [1.29, 1.82) is 0 Å². The highest BCUT2D eigenvalue weighted by Crippen LogP contribution is 2.25. The van der Waals surface area contributed by atoms with E-state index >= 15 is 0 Å². The number of phosphoric acid groups is 1. The van der Waals surface area contributed by atoms with Crippen LogP contribution in [0.3, 0.4) is 0 Å². The quantitative estimate of drug-likeness (QED) is 0.728. The van der Waals surface area contributed by atoms with Gasteiger partial charge in [0.25, 0.3) is 0 Å². The van der Waals surface area contributed by atoms with Crippen LogP contribution in [-0.2, 0) is 4.57 Å². The Morgan fingerprint density at radius 2 is 1.00 bits per heavy atom. The Hall–Kier alpha value is -1.65. The Balaban J connectivity index is 0.000000280. The second-order valence-corrected chi connectivity index (χ2v) is 4.27. The molecule has 18 heavy (non-hydrogen) atoms. The fourth-order valence-electron chi connectivity index (χ4n) is 1.11. The van der Waals surface area contributed by atoms with Crippen molar-refractivity contribution in [2.24, 2.45) is 0 Å². The number of ether oxygens (including phenoxy) is 1. The van der Waals surface area contributed by atoms with Crippen LogP contribution in [0, 0.1) is 0 Å². The van der Waals surface area contributed by atoms with Crippen LogP contribution in [0.4, 0.5) is 0 Å². The molecule has 6 heteroatoms. The molecular formula is C12H13O5P. The van der Waals surface area contributed by atoms with Gasteiger partial charge in [0.2, 0.25) is 0 Å². The monoisotopic (exact) mass is 268 g/mol. The normalized spacial score (nSPS) is 10.2. The van der Waals surface area contributed by atoms with Gasteiger partial charge in [-0.25, -0.2) is 4.57 Å². The minimum atomic E-state index is -4.64. The maximum Gasteiger partial charge on any atom is 0.466 e. The molecule has 0 aliphatic rings. The molecule has 0 saturated heterocycles. The van der Waals surface area contributed by atoms with Crippen LogP contribution in [-0.4, -0.2) is 14.7 Å². The third kappa shape index (κ3) is 7.60. The van der Waals surface area contributed by atoms with Gasteiger partial charge in [-0.05, 0) is 24.3 Å². The second kappa shape index (κ2) is 6.93. The number of hydrogen-bond donors (Lipinski definition) is 3. The first-order valence-electron chi connectivity index (χ1n) is 5.01. The Bertz CT molecular complexity index is 449. The summed E-state index contributed by atoms with van der Waals surface area (Å²) in [6.45, 7) is 0. The van der Waals surface area contributed by atoms with Gasteiger partial charge in [-0.1, -0.05) is 36.4 Å². The van der Waals surface area contributed by atoms with Gasteiger partial charge in [-0.15, -0.1) is 0 Å². The molecule has 0 bridgehead atoms. The van der Waals surface area contributed by atoms with Crippen LogP contribution < -0.4 is 4.74 Å². The summed E-state index contributed by atoms with van der Waals surface area (Å²) in [4.78, 5) is 21.6. The molecular weight excluding hydrogens is 255 g/mol. The van der Waals surface area contributed by atoms with Crippen LogP contribution >= 0.6 is 7.82 Å². The van der Waals surface area contributed by atoms with Gasteiger partial charge < -0.3 is 19.4 Å². The molecule has 0 fully saturated rings. The number of para-hydroxylation sites is 2. The Morgan fingerprint density at radius 1 is 0.722 bits per heavy atom. The summed E-state index contributed by atoms with van der Waals surface area (Å²) in [7, 11) is -4.64. The van der Waals surface area contributed by atoms with E-state index in [1.165, 1.54) is 0 Å². The van der Waals surface area contributed by atoms with Crippen molar-refractivity contribution in [2.45, 2.75) is 0 Å². The summed E-state index contributed by atoms with van der Waals surface area (Å²) in [6.07, 6.45) is 0. The van der Waals surface area contributed by atoms with Crippen molar-refractivity contribution in [3.8, 4) is 11.5 Å². The second-order valence-electron chi connectivity index (χ2n) is 3.24. The summed E-state index contributed by atoms with van der Waals surface area (Å²) >= 11 is 0. The average Bonchev–Trinajstić information content (AvgIpc) is 2.29. The van der Waals surface area contributed by atoms with Gasteiger partial charge in [0, 0.05) is 0 Å². The first-order valence-corrected chi connectivity index (χ1v) is 6.58. The van der Waals surface area contributed by atoms with Crippen LogP contribution in [0.1, 0.15) is 0 Å². The maximum absolute atomic E-state index is 8.88. The molecule has 0 aliphatic heterocycles. The fraction of sp³-hybridized carbons (Fsp3) is 0. The van der Waals surface area contributed by atoms with Gasteiger partial charge >= 0.3 is 7.82 Å². The summed E-state index contributed by atoms with van der Waals surface area (Å²) in [5.41, 5.74) is 0. The van der Waals surface area contributed by atoms with Gasteiger partial charge in [0.15, 0.2) is 0 Å². The van der Waals surface area contributed by atoms with E-state index in [4.69, 9.17) is 24.0 Å². The van der Waals surface area contributed by atoms with Gasteiger partial charge in [0.05, 0.1) is 0 Å². The lowest BCUT2D eigenvalue weighted by atomic mass is 10.3. The van der Waals surface area contributed by atoms with Gasteiger partial charge in [-0.2, -0.15) is 0 Å². The zero-order valence-electron chi connectivity index (χ0n) is 9.38. The molecule has 2 aromatic carbocycles. The lowest BCUT2D eigenvalue weighted by molar-refractivity contribution is 0.275. The van der Waals surface area contributed by atoms with Crippen LogP contribution in [0.5, 0.6) is 11.5 Å². The first-order chi connectivity index (χ1) is 8.45. The molecule has 0 unspecified atom stereocenters. The highest BCUT2D eigenvalue weighted by atomic mass is 31.2. The van der Waals surface area contributed by atoms with Crippen LogP contribution in [0.2, 0.25) is 0 Å². The Morgan fingerprint density at radius 3 is 1.28 bits per heavy atom. The van der Waals surface area contributed by atoms with Crippen molar-refractivity contribution >= 4 is 7.82 Å². The molecule has 0 radical (unpaired) electrons.